The van der Waals surface area contributed by atoms with E-state index in [2.05, 4.69) is 6.92 Å². The van der Waals surface area contributed by atoms with E-state index in [0.29, 0.717) is 12.7 Å². The molecule has 90 valence electrons. The van der Waals surface area contributed by atoms with Crippen LogP contribution < -0.4 is 0 Å². The van der Waals surface area contributed by atoms with Crippen molar-refractivity contribution in [3.05, 3.63) is 0 Å². The largest absolute Gasteiger partial charge is 0.504 e. The van der Waals surface area contributed by atoms with Gasteiger partial charge in [-0.2, -0.15) is 0 Å². The molecule has 0 N–H and O–H groups in total. The van der Waals surface area contributed by atoms with E-state index in [1.54, 1.807) is 14.2 Å². The molecular formula is C9H20O5Si. The van der Waals surface area contributed by atoms with Gasteiger partial charge in [-0.25, -0.2) is 0 Å². The average molecular weight is 236 g/mol. The van der Waals surface area contributed by atoms with E-state index < -0.39 is 8.80 Å². The molecular weight excluding hydrogens is 216 g/mol. The number of rotatable bonds is 9. The first kappa shape index (κ1) is 13.1. The number of epoxide rings is 1. The van der Waals surface area contributed by atoms with Crippen molar-refractivity contribution in [2.45, 2.75) is 25.5 Å². The van der Waals surface area contributed by atoms with Gasteiger partial charge in [0.25, 0.3) is 0 Å². The van der Waals surface area contributed by atoms with Crippen LogP contribution in [-0.2, 0) is 22.8 Å². The molecule has 1 rings (SSSR count). The monoisotopic (exact) mass is 236 g/mol. The van der Waals surface area contributed by atoms with Gasteiger partial charge in [0.1, 0.15) is 6.79 Å². The average Bonchev–Trinajstić information content (AvgIpc) is 3.06. The lowest BCUT2D eigenvalue weighted by molar-refractivity contribution is -0.0331. The van der Waals surface area contributed by atoms with Gasteiger partial charge in [0.15, 0.2) is 0 Å². The Hall–Kier alpha value is 0.0169. The third-order valence-corrected chi connectivity index (χ3v) is 4.97. The molecule has 1 fully saturated rings. The molecule has 1 saturated heterocycles. The van der Waals surface area contributed by atoms with Crippen molar-refractivity contribution in [2.24, 2.45) is 0 Å². The van der Waals surface area contributed by atoms with Crippen molar-refractivity contribution in [3.63, 3.8) is 0 Å². The highest BCUT2D eigenvalue weighted by atomic mass is 28.4. The van der Waals surface area contributed by atoms with Gasteiger partial charge in [0.05, 0.1) is 12.7 Å². The number of hydrogen-bond acceptors (Lipinski definition) is 5. The van der Waals surface area contributed by atoms with Gasteiger partial charge in [-0.3, -0.25) is 0 Å². The summed E-state index contributed by atoms with van der Waals surface area (Å²) in [5, 5.41) is 0. The molecule has 6 heteroatoms. The van der Waals surface area contributed by atoms with Crippen LogP contribution >= 0.6 is 0 Å². The van der Waals surface area contributed by atoms with Crippen LogP contribution in [0.3, 0.4) is 0 Å². The first-order valence-electron chi connectivity index (χ1n) is 5.20. The zero-order chi connectivity index (χ0) is 11.1. The highest BCUT2D eigenvalue weighted by molar-refractivity contribution is 6.60. The van der Waals surface area contributed by atoms with Gasteiger partial charge < -0.3 is 22.8 Å². The Bertz CT molecular complexity index is 170. The summed E-state index contributed by atoms with van der Waals surface area (Å²) in [5.41, 5.74) is 0. The molecule has 0 aromatic heterocycles. The molecule has 0 radical (unpaired) electrons. The van der Waals surface area contributed by atoms with Crippen molar-refractivity contribution >= 4 is 8.80 Å². The van der Waals surface area contributed by atoms with Crippen LogP contribution in [0.25, 0.3) is 0 Å². The van der Waals surface area contributed by atoms with E-state index in [-0.39, 0.29) is 12.9 Å². The lowest BCUT2D eigenvalue weighted by Gasteiger charge is -2.25. The van der Waals surface area contributed by atoms with Crippen LogP contribution in [-0.4, -0.2) is 49.1 Å². The van der Waals surface area contributed by atoms with Gasteiger partial charge in [0.2, 0.25) is 0 Å². The topological polar surface area (TPSA) is 49.5 Å². The molecule has 0 spiro atoms. The molecule has 1 aliphatic heterocycles. The van der Waals surface area contributed by atoms with Gasteiger partial charge in [-0.15, -0.1) is 0 Å². The van der Waals surface area contributed by atoms with Crippen LogP contribution in [0.15, 0.2) is 0 Å². The maximum atomic E-state index is 5.57. The van der Waals surface area contributed by atoms with E-state index in [4.69, 9.17) is 22.8 Å². The lowest BCUT2D eigenvalue weighted by atomic mass is 10.5. The van der Waals surface area contributed by atoms with Crippen molar-refractivity contribution in [3.8, 4) is 0 Å². The Morgan fingerprint density at radius 3 is 2.47 bits per heavy atom. The summed E-state index contributed by atoms with van der Waals surface area (Å²) in [6.07, 6.45) is 1.21. The van der Waals surface area contributed by atoms with Crippen molar-refractivity contribution < 1.29 is 22.8 Å². The predicted molar refractivity (Wildman–Crippen MR) is 56.5 cm³/mol. The second-order valence-electron chi connectivity index (χ2n) is 3.42. The van der Waals surface area contributed by atoms with Crippen molar-refractivity contribution in [2.75, 3.05) is 34.2 Å². The minimum absolute atomic E-state index is 0.231. The smallest absolute Gasteiger partial charge is 0.377 e. The predicted octanol–water partition coefficient (Wildman–Crippen LogP) is 1.02. The molecule has 0 aliphatic carbocycles. The standard InChI is InChI=1S/C9H20O5Si/c1-4-5-12-8-14-15(10-2,11-3)7-9-6-13-9/h9H,4-8H2,1-3H3. The second kappa shape index (κ2) is 6.57. The first-order valence-corrected chi connectivity index (χ1v) is 7.13. The normalized spacial score (nSPS) is 20.6. The van der Waals surface area contributed by atoms with Crippen LogP contribution in [0.5, 0.6) is 0 Å². The van der Waals surface area contributed by atoms with E-state index in [1.165, 1.54) is 0 Å². The second-order valence-corrected chi connectivity index (χ2v) is 6.30. The number of hydrogen-bond donors (Lipinski definition) is 0. The fraction of sp³-hybridized carbons (Fsp3) is 1.00. The van der Waals surface area contributed by atoms with Gasteiger partial charge in [-0.1, -0.05) is 6.92 Å². The molecule has 0 saturated carbocycles. The molecule has 0 amide bonds. The van der Waals surface area contributed by atoms with Gasteiger partial charge in [-0.05, 0) is 6.42 Å². The van der Waals surface area contributed by atoms with Crippen LogP contribution in [0.1, 0.15) is 13.3 Å². The van der Waals surface area contributed by atoms with Gasteiger partial charge >= 0.3 is 8.80 Å². The van der Waals surface area contributed by atoms with Crippen molar-refractivity contribution in [1.29, 1.82) is 0 Å². The molecule has 1 unspecified atom stereocenters. The maximum Gasteiger partial charge on any atom is 0.504 e. The minimum atomic E-state index is -2.54. The molecule has 0 aromatic carbocycles. The van der Waals surface area contributed by atoms with Crippen LogP contribution in [0, 0.1) is 0 Å². The molecule has 1 heterocycles. The Kier molecular flexibility index (Phi) is 5.73. The highest BCUT2D eigenvalue weighted by Crippen LogP contribution is 2.24. The van der Waals surface area contributed by atoms with E-state index in [0.717, 1.165) is 13.0 Å². The molecule has 15 heavy (non-hydrogen) atoms. The summed E-state index contributed by atoms with van der Waals surface area (Å²) < 4.78 is 26.7. The molecule has 5 nitrogen and oxygen atoms in total. The Morgan fingerprint density at radius 1 is 1.33 bits per heavy atom. The lowest BCUT2D eigenvalue weighted by Crippen LogP contribution is -2.45. The van der Waals surface area contributed by atoms with Crippen LogP contribution in [0.4, 0.5) is 0 Å². The summed E-state index contributed by atoms with van der Waals surface area (Å²) in [6.45, 7) is 3.75. The summed E-state index contributed by atoms with van der Waals surface area (Å²) in [4.78, 5) is 0. The Labute approximate surface area is 92.0 Å². The molecule has 1 aliphatic rings. The van der Waals surface area contributed by atoms with Gasteiger partial charge in [0, 0.05) is 26.9 Å². The third kappa shape index (κ3) is 4.58. The summed E-state index contributed by atoms with van der Waals surface area (Å²) in [7, 11) is 0.674. The van der Waals surface area contributed by atoms with Crippen molar-refractivity contribution in [1.82, 2.24) is 0 Å². The zero-order valence-corrected chi connectivity index (χ0v) is 10.7. The maximum absolute atomic E-state index is 5.57. The van der Waals surface area contributed by atoms with E-state index >= 15 is 0 Å². The highest BCUT2D eigenvalue weighted by Gasteiger charge is 2.45. The summed E-state index contributed by atoms with van der Waals surface area (Å²) in [6, 6.07) is 0.704. The Morgan fingerprint density at radius 2 is 2.00 bits per heavy atom. The fourth-order valence-electron chi connectivity index (χ4n) is 1.23. The Balaban J connectivity index is 2.26. The number of ether oxygens (including phenoxy) is 2. The molecule has 0 aromatic rings. The fourth-order valence-corrected chi connectivity index (χ4v) is 3.14. The first-order chi connectivity index (χ1) is 7.26. The quantitative estimate of drug-likeness (QED) is 0.259. The summed E-state index contributed by atoms with van der Waals surface area (Å²) >= 11 is 0. The van der Waals surface area contributed by atoms with E-state index in [1.807, 2.05) is 0 Å². The molecule has 1 atom stereocenters. The van der Waals surface area contributed by atoms with Crippen LogP contribution in [0.2, 0.25) is 6.04 Å². The summed E-state index contributed by atoms with van der Waals surface area (Å²) in [5.74, 6) is 0. The van der Waals surface area contributed by atoms with E-state index in [9.17, 15) is 0 Å². The zero-order valence-electron chi connectivity index (χ0n) is 9.65. The third-order valence-electron chi connectivity index (χ3n) is 2.21. The SMILES string of the molecule is CCCOCO[Si](CC1CO1)(OC)OC. The molecule has 0 bridgehead atoms. The minimum Gasteiger partial charge on any atom is -0.377 e.